The summed E-state index contributed by atoms with van der Waals surface area (Å²) in [6.45, 7) is 0. The second-order valence-electron chi connectivity index (χ2n) is 2.81. The Morgan fingerprint density at radius 1 is 1.38 bits per heavy atom. The van der Waals surface area contributed by atoms with Crippen LogP contribution >= 0.6 is 34.2 Å². The van der Waals surface area contributed by atoms with Gasteiger partial charge in [-0.25, -0.2) is 0 Å². The minimum absolute atomic E-state index is 0.174. The first kappa shape index (κ1) is 13.4. The number of carbonyl (C=O) groups is 2. The predicted molar refractivity (Wildman–Crippen MR) is 59.7 cm³/mol. The molecule has 86 valence electrons. The Bertz CT molecular complexity index is 457. The standard InChI is InChI=1S/C9H3ClF3IO2/c10-8(16)7-4(3-15)1-5(14)2-6(7)9(11,12)13/h1-3H. The molecule has 0 aliphatic carbocycles. The van der Waals surface area contributed by atoms with Crippen LogP contribution in [0.5, 0.6) is 0 Å². The normalized spacial score (nSPS) is 11.3. The Hall–Kier alpha value is -0.630. The minimum Gasteiger partial charge on any atom is -0.298 e. The Morgan fingerprint density at radius 2 is 1.94 bits per heavy atom. The summed E-state index contributed by atoms with van der Waals surface area (Å²) in [5, 5.41) is -1.30. The highest BCUT2D eigenvalue weighted by molar-refractivity contribution is 14.1. The number of carbonyl (C=O) groups excluding carboxylic acids is 2. The van der Waals surface area contributed by atoms with Gasteiger partial charge in [0, 0.05) is 9.13 Å². The topological polar surface area (TPSA) is 34.1 Å². The van der Waals surface area contributed by atoms with Gasteiger partial charge in [-0.05, 0) is 46.3 Å². The number of halogens is 5. The van der Waals surface area contributed by atoms with Crippen LogP contribution in [-0.2, 0) is 6.18 Å². The lowest BCUT2D eigenvalue weighted by atomic mass is 10.0. The smallest absolute Gasteiger partial charge is 0.298 e. The summed E-state index contributed by atoms with van der Waals surface area (Å²) in [6, 6.07) is 1.93. The average Bonchev–Trinajstić information content (AvgIpc) is 2.14. The molecule has 0 aliphatic rings. The highest BCUT2D eigenvalue weighted by Crippen LogP contribution is 2.35. The summed E-state index contributed by atoms with van der Waals surface area (Å²) < 4.78 is 37.9. The van der Waals surface area contributed by atoms with E-state index in [0.29, 0.717) is 0 Å². The molecule has 2 nitrogen and oxygen atoms in total. The molecular weight excluding hydrogens is 359 g/mol. The third-order valence-electron chi connectivity index (χ3n) is 1.76. The number of alkyl halides is 3. The number of hydrogen-bond acceptors (Lipinski definition) is 2. The van der Waals surface area contributed by atoms with Crippen molar-refractivity contribution >= 4 is 45.7 Å². The van der Waals surface area contributed by atoms with Crippen molar-refractivity contribution in [3.05, 3.63) is 32.4 Å². The van der Waals surface area contributed by atoms with E-state index in [2.05, 4.69) is 0 Å². The quantitative estimate of drug-likeness (QED) is 0.458. The second kappa shape index (κ2) is 4.70. The number of aldehydes is 1. The van der Waals surface area contributed by atoms with Crippen molar-refractivity contribution in [2.75, 3.05) is 0 Å². The number of hydrogen-bond donors (Lipinski definition) is 0. The van der Waals surface area contributed by atoms with Crippen LogP contribution in [0.4, 0.5) is 13.2 Å². The first-order valence-corrected chi connectivity index (χ1v) is 5.28. The highest BCUT2D eigenvalue weighted by atomic mass is 127. The SMILES string of the molecule is O=Cc1cc(I)cc(C(F)(F)F)c1C(=O)Cl. The van der Waals surface area contributed by atoms with E-state index >= 15 is 0 Å². The van der Waals surface area contributed by atoms with Crippen LogP contribution in [0.3, 0.4) is 0 Å². The first-order chi connectivity index (χ1) is 7.27. The molecule has 0 radical (unpaired) electrons. The van der Waals surface area contributed by atoms with Crippen LogP contribution in [0, 0.1) is 3.57 Å². The summed E-state index contributed by atoms with van der Waals surface area (Å²) in [5.41, 5.74) is -2.36. The minimum atomic E-state index is -4.72. The molecule has 1 aromatic rings. The molecule has 0 spiro atoms. The molecule has 0 unspecified atom stereocenters. The lowest BCUT2D eigenvalue weighted by molar-refractivity contribution is -0.137. The van der Waals surface area contributed by atoms with Crippen LogP contribution in [-0.4, -0.2) is 11.5 Å². The molecule has 0 atom stereocenters. The van der Waals surface area contributed by atoms with Crippen molar-refractivity contribution in [2.24, 2.45) is 0 Å². The molecular formula is C9H3ClF3IO2. The average molecular weight is 362 g/mol. The molecule has 0 saturated heterocycles. The molecule has 0 fully saturated rings. The van der Waals surface area contributed by atoms with Crippen LogP contribution in [0.15, 0.2) is 12.1 Å². The Kier molecular flexibility index (Phi) is 3.95. The molecule has 0 aromatic heterocycles. The molecule has 1 rings (SSSR count). The van der Waals surface area contributed by atoms with E-state index in [1.807, 2.05) is 0 Å². The van der Waals surface area contributed by atoms with Crippen molar-refractivity contribution in [1.29, 1.82) is 0 Å². The fourth-order valence-electron chi connectivity index (χ4n) is 1.16. The lowest BCUT2D eigenvalue weighted by Gasteiger charge is -2.12. The van der Waals surface area contributed by atoms with Crippen LogP contribution in [0.25, 0.3) is 0 Å². The van der Waals surface area contributed by atoms with Crippen LogP contribution in [0.2, 0.25) is 0 Å². The Labute approximate surface area is 107 Å². The van der Waals surface area contributed by atoms with E-state index in [1.54, 1.807) is 22.6 Å². The van der Waals surface area contributed by atoms with E-state index in [9.17, 15) is 22.8 Å². The predicted octanol–water partition coefficient (Wildman–Crippen LogP) is 3.50. The molecule has 0 heterocycles. The van der Waals surface area contributed by atoms with Gasteiger partial charge in [0.05, 0.1) is 11.1 Å². The largest absolute Gasteiger partial charge is 0.417 e. The molecule has 16 heavy (non-hydrogen) atoms. The first-order valence-electron chi connectivity index (χ1n) is 3.83. The molecule has 0 N–H and O–H groups in total. The van der Waals surface area contributed by atoms with Gasteiger partial charge in [0.1, 0.15) is 0 Å². The van der Waals surface area contributed by atoms with Crippen molar-refractivity contribution in [3.63, 3.8) is 0 Å². The Morgan fingerprint density at radius 3 is 2.31 bits per heavy atom. The molecule has 0 saturated carbocycles. The third-order valence-corrected chi connectivity index (χ3v) is 2.57. The van der Waals surface area contributed by atoms with Gasteiger partial charge < -0.3 is 0 Å². The number of rotatable bonds is 2. The molecule has 0 amide bonds. The lowest BCUT2D eigenvalue weighted by Crippen LogP contribution is -2.13. The van der Waals surface area contributed by atoms with Crippen molar-refractivity contribution in [2.45, 2.75) is 6.18 Å². The molecule has 1 aromatic carbocycles. The molecule has 0 bridgehead atoms. The van der Waals surface area contributed by atoms with Crippen LogP contribution in [0.1, 0.15) is 26.3 Å². The summed E-state index contributed by atoms with van der Waals surface area (Å²) in [7, 11) is 0. The summed E-state index contributed by atoms with van der Waals surface area (Å²) in [5.74, 6) is 0. The monoisotopic (exact) mass is 362 g/mol. The van der Waals surface area contributed by atoms with Crippen molar-refractivity contribution in [3.8, 4) is 0 Å². The third kappa shape index (κ3) is 2.73. The summed E-state index contributed by atoms with van der Waals surface area (Å²) in [4.78, 5) is 21.5. The molecule has 0 aliphatic heterocycles. The zero-order valence-electron chi connectivity index (χ0n) is 7.44. The van der Waals surface area contributed by atoms with Gasteiger partial charge >= 0.3 is 6.18 Å². The maximum atomic E-state index is 12.6. The summed E-state index contributed by atoms with van der Waals surface area (Å²) in [6.07, 6.45) is -4.55. The van der Waals surface area contributed by atoms with Gasteiger partial charge in [-0.1, -0.05) is 0 Å². The van der Waals surface area contributed by atoms with Gasteiger partial charge in [-0.2, -0.15) is 13.2 Å². The fraction of sp³-hybridized carbons (Fsp3) is 0.111. The maximum absolute atomic E-state index is 12.6. The van der Waals surface area contributed by atoms with Crippen molar-refractivity contribution < 1.29 is 22.8 Å². The zero-order valence-corrected chi connectivity index (χ0v) is 10.4. The van der Waals surface area contributed by atoms with Crippen molar-refractivity contribution in [1.82, 2.24) is 0 Å². The van der Waals surface area contributed by atoms with E-state index < -0.39 is 22.5 Å². The van der Waals surface area contributed by atoms with Gasteiger partial charge in [0.15, 0.2) is 6.29 Å². The van der Waals surface area contributed by atoms with E-state index in [4.69, 9.17) is 11.6 Å². The van der Waals surface area contributed by atoms with Gasteiger partial charge in [0.25, 0.3) is 5.24 Å². The summed E-state index contributed by atoms with van der Waals surface area (Å²) >= 11 is 6.67. The maximum Gasteiger partial charge on any atom is 0.417 e. The zero-order chi connectivity index (χ0) is 12.5. The van der Waals surface area contributed by atoms with Gasteiger partial charge in [-0.3, -0.25) is 9.59 Å². The van der Waals surface area contributed by atoms with Gasteiger partial charge in [-0.15, -0.1) is 0 Å². The van der Waals surface area contributed by atoms with E-state index in [0.717, 1.165) is 6.07 Å². The van der Waals surface area contributed by atoms with Gasteiger partial charge in [0.2, 0.25) is 0 Å². The van der Waals surface area contributed by atoms with E-state index in [-0.39, 0.29) is 15.4 Å². The van der Waals surface area contributed by atoms with Crippen LogP contribution < -0.4 is 0 Å². The Balaban J connectivity index is 3.64. The molecule has 7 heteroatoms. The fourth-order valence-corrected chi connectivity index (χ4v) is 2.02. The number of benzene rings is 1. The highest BCUT2D eigenvalue weighted by Gasteiger charge is 2.36. The van der Waals surface area contributed by atoms with E-state index in [1.165, 1.54) is 6.07 Å². The second-order valence-corrected chi connectivity index (χ2v) is 4.40.